The molecule has 2 heterocycles. The minimum Gasteiger partial charge on any atom is -0.376 e. The molecule has 5 nitrogen and oxygen atoms in total. The minimum atomic E-state index is -0.265. The molecule has 0 spiro atoms. The Kier molecular flexibility index (Phi) is 5.38. The third-order valence-electron chi connectivity index (χ3n) is 4.00. The van der Waals surface area contributed by atoms with Gasteiger partial charge in [-0.15, -0.1) is 0 Å². The van der Waals surface area contributed by atoms with Crippen molar-refractivity contribution in [2.24, 2.45) is 0 Å². The summed E-state index contributed by atoms with van der Waals surface area (Å²) in [5.41, 5.74) is 1.47. The van der Waals surface area contributed by atoms with Crippen molar-refractivity contribution in [3.63, 3.8) is 0 Å². The van der Waals surface area contributed by atoms with Crippen LogP contribution in [0.2, 0.25) is 0 Å². The van der Waals surface area contributed by atoms with Gasteiger partial charge in [0, 0.05) is 13.2 Å². The smallest absolute Gasteiger partial charge is 0.285 e. The number of anilines is 1. The second kappa shape index (κ2) is 7.88. The van der Waals surface area contributed by atoms with E-state index < -0.39 is 0 Å². The van der Waals surface area contributed by atoms with Crippen LogP contribution in [0.3, 0.4) is 0 Å². The van der Waals surface area contributed by atoms with Crippen molar-refractivity contribution in [2.45, 2.75) is 25.5 Å². The molecule has 2 aromatic rings. The van der Waals surface area contributed by atoms with Gasteiger partial charge in [-0.2, -0.15) is 0 Å². The highest BCUT2D eigenvalue weighted by Crippen LogP contribution is 2.13. The van der Waals surface area contributed by atoms with Crippen molar-refractivity contribution in [2.75, 3.05) is 18.5 Å². The van der Waals surface area contributed by atoms with E-state index >= 15 is 0 Å². The number of amides is 1. The van der Waals surface area contributed by atoms with Gasteiger partial charge >= 0.3 is 0 Å². The van der Waals surface area contributed by atoms with Gasteiger partial charge in [0.2, 0.25) is 0 Å². The molecule has 1 fully saturated rings. The number of aromatic nitrogens is 1. The molecule has 0 aliphatic carbocycles. The molecule has 1 aliphatic rings. The number of nitrogens with one attached hydrogen (secondary N) is 3. The van der Waals surface area contributed by atoms with E-state index in [1.54, 1.807) is 30.5 Å². The maximum atomic E-state index is 12.9. The number of halogens is 1. The molecule has 3 N–H and O–H groups in total. The van der Waals surface area contributed by atoms with Crippen LogP contribution in [-0.4, -0.2) is 25.2 Å². The van der Waals surface area contributed by atoms with Gasteiger partial charge in [-0.1, -0.05) is 12.1 Å². The molecule has 1 aromatic carbocycles. The molecule has 1 aliphatic heterocycles. The lowest BCUT2D eigenvalue weighted by atomic mass is 10.2. The summed E-state index contributed by atoms with van der Waals surface area (Å²) in [4.78, 5) is 15.5. The molecule has 1 aromatic heterocycles. The first-order valence-corrected chi connectivity index (χ1v) is 8.11. The molecule has 1 amide bonds. The molecular weight excluding hydrogens is 309 g/mol. The molecule has 6 heteroatoms. The maximum Gasteiger partial charge on any atom is 0.285 e. The highest BCUT2D eigenvalue weighted by Gasteiger charge is 2.20. The molecule has 1 atom stereocenters. The summed E-state index contributed by atoms with van der Waals surface area (Å²) < 4.78 is 18.5. The Morgan fingerprint density at radius 2 is 2.12 bits per heavy atom. The Morgan fingerprint density at radius 3 is 2.88 bits per heavy atom. The fourth-order valence-corrected chi connectivity index (χ4v) is 2.67. The number of carbonyl (C=O) groups is 1. The maximum absolute atomic E-state index is 12.9. The molecule has 0 bridgehead atoms. The highest BCUT2D eigenvalue weighted by atomic mass is 19.1. The van der Waals surface area contributed by atoms with Gasteiger partial charge in [-0.3, -0.25) is 10.1 Å². The Morgan fingerprint density at radius 1 is 1.29 bits per heavy atom. The predicted molar refractivity (Wildman–Crippen MR) is 88.0 cm³/mol. The number of hydrogen-bond acceptors (Lipinski definition) is 3. The average molecular weight is 330 g/mol. The van der Waals surface area contributed by atoms with Crippen LogP contribution in [0.25, 0.3) is 0 Å². The lowest BCUT2D eigenvalue weighted by Crippen LogP contribution is -2.33. The number of ether oxygens (including phenoxy) is 1. The third kappa shape index (κ3) is 4.29. The number of aromatic amines is 1. The minimum absolute atomic E-state index is 0.109. The van der Waals surface area contributed by atoms with Crippen LogP contribution in [0, 0.1) is 5.82 Å². The van der Waals surface area contributed by atoms with Crippen molar-refractivity contribution in [3.8, 4) is 0 Å². The van der Waals surface area contributed by atoms with Crippen LogP contribution in [-0.2, 0) is 11.3 Å². The van der Waals surface area contributed by atoms with Gasteiger partial charge in [-0.25, -0.2) is 9.37 Å². The highest BCUT2D eigenvalue weighted by molar-refractivity contribution is 5.98. The number of pyridine rings is 1. The lowest BCUT2D eigenvalue weighted by molar-refractivity contribution is -0.361. The van der Waals surface area contributed by atoms with Gasteiger partial charge < -0.3 is 10.1 Å². The second-order valence-electron chi connectivity index (χ2n) is 5.78. The van der Waals surface area contributed by atoms with E-state index in [0.29, 0.717) is 24.5 Å². The van der Waals surface area contributed by atoms with Crippen LogP contribution in [0.1, 0.15) is 28.8 Å². The SMILES string of the molecule is O=C(NC[C@@H]1CCCO1)c1ccc[nH+]c1NCc1ccc(F)cc1. The van der Waals surface area contributed by atoms with E-state index in [4.69, 9.17) is 4.74 Å². The van der Waals surface area contributed by atoms with Crippen LogP contribution in [0.4, 0.5) is 10.2 Å². The summed E-state index contributed by atoms with van der Waals surface area (Å²) in [6.07, 6.45) is 3.89. The van der Waals surface area contributed by atoms with Crippen LogP contribution in [0.15, 0.2) is 42.6 Å². The van der Waals surface area contributed by atoms with Gasteiger partial charge in [-0.05, 0) is 42.7 Å². The lowest BCUT2D eigenvalue weighted by Gasteiger charge is -2.11. The largest absolute Gasteiger partial charge is 0.376 e. The van der Waals surface area contributed by atoms with Crippen LogP contribution in [0.5, 0.6) is 0 Å². The summed E-state index contributed by atoms with van der Waals surface area (Å²) in [6.45, 7) is 1.78. The first-order valence-electron chi connectivity index (χ1n) is 8.11. The first kappa shape index (κ1) is 16.4. The molecular formula is C18H21FN3O2+. The zero-order valence-electron chi connectivity index (χ0n) is 13.3. The number of benzene rings is 1. The van der Waals surface area contributed by atoms with Crippen molar-refractivity contribution in [3.05, 3.63) is 59.5 Å². The van der Waals surface area contributed by atoms with E-state index in [1.807, 2.05) is 0 Å². The van der Waals surface area contributed by atoms with Crippen LogP contribution < -0.4 is 15.6 Å². The molecule has 1 saturated heterocycles. The second-order valence-corrected chi connectivity index (χ2v) is 5.78. The van der Waals surface area contributed by atoms with E-state index in [1.165, 1.54) is 12.1 Å². The zero-order valence-corrected chi connectivity index (χ0v) is 13.3. The summed E-state index contributed by atoms with van der Waals surface area (Å²) in [6, 6.07) is 9.80. The van der Waals surface area contributed by atoms with Crippen molar-refractivity contribution >= 4 is 11.7 Å². The monoisotopic (exact) mass is 330 g/mol. The standard InChI is InChI=1S/C18H20FN3O2/c19-14-7-5-13(6-8-14)11-21-17-16(4-1-9-20-17)18(23)22-12-15-3-2-10-24-15/h1,4-9,15H,2-3,10-12H2,(H,20,21)(H,22,23)/p+1/t15-/m0/s1. The van der Waals surface area contributed by atoms with Crippen LogP contribution >= 0.6 is 0 Å². The van der Waals surface area contributed by atoms with Gasteiger partial charge in [0.15, 0.2) is 0 Å². The normalized spacial score (nSPS) is 16.8. The van der Waals surface area contributed by atoms with Crippen molar-refractivity contribution in [1.29, 1.82) is 0 Å². The fraction of sp³-hybridized carbons (Fsp3) is 0.333. The summed E-state index contributed by atoms with van der Waals surface area (Å²) in [5, 5.41) is 6.10. The van der Waals surface area contributed by atoms with E-state index in [2.05, 4.69) is 15.6 Å². The molecule has 0 saturated carbocycles. The molecule has 24 heavy (non-hydrogen) atoms. The van der Waals surface area contributed by atoms with Crippen molar-refractivity contribution in [1.82, 2.24) is 5.32 Å². The molecule has 126 valence electrons. The van der Waals surface area contributed by atoms with E-state index in [-0.39, 0.29) is 17.8 Å². The summed E-state index contributed by atoms with van der Waals surface area (Å²) >= 11 is 0. The number of carbonyl (C=O) groups excluding carboxylic acids is 1. The average Bonchev–Trinajstić information content (AvgIpc) is 3.13. The Balaban J connectivity index is 1.61. The van der Waals surface area contributed by atoms with Gasteiger partial charge in [0.25, 0.3) is 11.7 Å². The molecule has 3 rings (SSSR count). The van der Waals surface area contributed by atoms with Crippen molar-refractivity contribution < 1.29 is 18.9 Å². The quantitative estimate of drug-likeness (QED) is 0.853. The summed E-state index contributed by atoms with van der Waals surface area (Å²) in [7, 11) is 0. The Bertz CT molecular complexity index is 685. The molecule has 0 radical (unpaired) electrons. The van der Waals surface area contributed by atoms with Gasteiger partial charge in [0.05, 0.1) is 12.3 Å². The fourth-order valence-electron chi connectivity index (χ4n) is 2.67. The Hall–Kier alpha value is -2.47. The topological polar surface area (TPSA) is 64.5 Å². The third-order valence-corrected chi connectivity index (χ3v) is 4.00. The number of hydrogen-bond donors (Lipinski definition) is 2. The number of rotatable bonds is 6. The summed E-state index contributed by atoms with van der Waals surface area (Å²) in [5.74, 6) is 0.217. The van der Waals surface area contributed by atoms with Gasteiger partial charge in [0.1, 0.15) is 17.9 Å². The first-order chi connectivity index (χ1) is 11.7. The Labute approximate surface area is 140 Å². The van der Waals surface area contributed by atoms with E-state index in [9.17, 15) is 9.18 Å². The molecule has 0 unspecified atom stereocenters. The predicted octanol–water partition coefficient (Wildman–Crippen LogP) is 2.16. The van der Waals surface area contributed by atoms with E-state index in [0.717, 1.165) is 25.0 Å². The number of H-pyrrole nitrogens is 1. The zero-order chi connectivity index (χ0) is 16.8.